The van der Waals surface area contributed by atoms with Gasteiger partial charge in [-0.1, -0.05) is 133 Å². The van der Waals surface area contributed by atoms with Gasteiger partial charge in [0.15, 0.2) is 5.41 Å². The van der Waals surface area contributed by atoms with Crippen molar-refractivity contribution in [3.63, 3.8) is 0 Å². The summed E-state index contributed by atoms with van der Waals surface area (Å²) in [7, 11) is 0. The smallest absolute Gasteiger partial charge is 0.319 e. The third kappa shape index (κ3) is 6.47. The van der Waals surface area contributed by atoms with Crippen LogP contribution < -0.4 is 15.1 Å². The molecule has 1 aliphatic carbocycles. The first-order valence-electron chi connectivity index (χ1n) is 20.3. The maximum Gasteiger partial charge on any atom is 0.319 e. The van der Waals surface area contributed by atoms with E-state index in [1.165, 1.54) is 49.7 Å². The van der Waals surface area contributed by atoms with Crippen molar-refractivity contribution in [2.75, 3.05) is 29.4 Å². The molecule has 4 aromatic carbocycles. The van der Waals surface area contributed by atoms with Crippen molar-refractivity contribution in [3.8, 4) is 0 Å². The molecule has 2 aliphatic heterocycles. The number of rotatable bonds is 11. The number of allylic oxidation sites excluding steroid dienone is 7. The molecule has 2 atom stereocenters. The number of fused-ring (bicyclic) bond motifs is 6. The van der Waals surface area contributed by atoms with Crippen LogP contribution in [-0.2, 0) is 20.4 Å². The fraction of sp³-hybridized carbons (Fsp3) is 0.388. The van der Waals surface area contributed by atoms with Crippen LogP contribution in [0.25, 0.3) is 21.5 Å². The molecule has 3 aliphatic rings. The van der Waals surface area contributed by atoms with Crippen LogP contribution in [0.1, 0.15) is 91.7 Å². The van der Waals surface area contributed by atoms with Gasteiger partial charge in [-0.15, -0.1) is 0 Å². The van der Waals surface area contributed by atoms with Crippen LogP contribution in [-0.4, -0.2) is 42.7 Å². The minimum atomic E-state index is -1.62. The second kappa shape index (κ2) is 14.9. The van der Waals surface area contributed by atoms with E-state index in [1.54, 1.807) is 0 Å². The largest absolute Gasteiger partial charge is 0.480 e. The zero-order valence-corrected chi connectivity index (χ0v) is 33.7. The Labute approximate surface area is 327 Å². The molecule has 6 nitrogen and oxygen atoms in total. The Morgan fingerprint density at radius 2 is 1.45 bits per heavy atom. The molecular weight excluding hydrogens is 679 g/mol. The van der Waals surface area contributed by atoms with Crippen LogP contribution in [0, 0.1) is 5.41 Å². The van der Waals surface area contributed by atoms with Gasteiger partial charge < -0.3 is 20.2 Å². The lowest BCUT2D eigenvalue weighted by Crippen LogP contribution is -2.48. The summed E-state index contributed by atoms with van der Waals surface area (Å²) >= 11 is 0. The van der Waals surface area contributed by atoms with E-state index in [1.807, 2.05) is 6.92 Å². The van der Waals surface area contributed by atoms with Crippen molar-refractivity contribution < 1.29 is 14.7 Å². The molecule has 0 spiro atoms. The van der Waals surface area contributed by atoms with Crippen LogP contribution >= 0.6 is 0 Å². The standard InChI is InChI=1S/C49H57N3O3/c1-8-11-29-52-40-25-23-36-17-13-15-19-38(36)44(40)48(6,7)42(52)27-21-34-30-33(31-49(32-34,46(54)55)45(53)50-10-3)20-26-41-47(4,5)43-37-18-14-12-16-35(37)22-24-39(43)51(41)28-9-2/h12-27,30,42H,8-11,28-29,31-32H2,1-7H3,(H,50,53)(H,54,55)/b27-21+,33-20-,41-26+. The number of unbranched alkanes of at least 4 members (excludes halogenated alkanes) is 1. The van der Waals surface area contributed by atoms with Crippen molar-refractivity contribution >= 4 is 44.8 Å². The van der Waals surface area contributed by atoms with E-state index in [2.05, 4.69) is 160 Å². The summed E-state index contributed by atoms with van der Waals surface area (Å²) in [6.07, 6.45) is 14.2. The minimum absolute atomic E-state index is 0.0520. The first-order valence-corrected chi connectivity index (χ1v) is 20.3. The number of amides is 1. The maximum absolute atomic E-state index is 13.8. The monoisotopic (exact) mass is 735 g/mol. The number of carboxylic acid groups (broad SMARTS) is 1. The molecule has 286 valence electrons. The van der Waals surface area contributed by atoms with Crippen molar-refractivity contribution in [1.82, 2.24) is 5.32 Å². The topological polar surface area (TPSA) is 72.9 Å². The van der Waals surface area contributed by atoms with Gasteiger partial charge >= 0.3 is 5.97 Å². The lowest BCUT2D eigenvalue weighted by molar-refractivity contribution is -0.156. The highest BCUT2D eigenvalue weighted by molar-refractivity contribution is 6.03. The van der Waals surface area contributed by atoms with Crippen LogP contribution in [0.5, 0.6) is 0 Å². The Morgan fingerprint density at radius 1 is 0.800 bits per heavy atom. The molecule has 2 unspecified atom stereocenters. The Balaban J connectivity index is 1.33. The summed E-state index contributed by atoms with van der Waals surface area (Å²) in [5, 5.41) is 18.7. The summed E-state index contributed by atoms with van der Waals surface area (Å²) < 4.78 is 0. The molecule has 0 radical (unpaired) electrons. The highest BCUT2D eigenvalue weighted by Crippen LogP contribution is 2.52. The average Bonchev–Trinajstić information content (AvgIpc) is 3.53. The van der Waals surface area contributed by atoms with Gasteiger partial charge in [0.05, 0.1) is 6.04 Å². The van der Waals surface area contributed by atoms with Crippen LogP contribution in [0.2, 0.25) is 0 Å². The molecule has 0 aromatic heterocycles. The van der Waals surface area contributed by atoms with E-state index in [9.17, 15) is 14.7 Å². The Morgan fingerprint density at radius 3 is 2.09 bits per heavy atom. The Kier molecular flexibility index (Phi) is 10.3. The molecule has 0 bridgehead atoms. The zero-order chi connectivity index (χ0) is 39.1. The number of nitrogens with zero attached hydrogens (tertiary/aromatic N) is 2. The summed E-state index contributed by atoms with van der Waals surface area (Å²) in [6, 6.07) is 26.2. The quantitative estimate of drug-likeness (QED) is 0.150. The fourth-order valence-electron chi connectivity index (χ4n) is 9.75. The molecule has 4 aromatic rings. The number of carboxylic acids is 1. The molecule has 55 heavy (non-hydrogen) atoms. The lowest BCUT2D eigenvalue weighted by atomic mass is 9.70. The van der Waals surface area contributed by atoms with E-state index >= 15 is 0 Å². The van der Waals surface area contributed by atoms with Gasteiger partial charge in [0, 0.05) is 47.5 Å². The van der Waals surface area contributed by atoms with Crippen LogP contribution in [0.3, 0.4) is 0 Å². The number of hydrogen-bond acceptors (Lipinski definition) is 4. The summed E-state index contributed by atoms with van der Waals surface area (Å²) in [6.45, 7) is 17.7. The first kappa shape index (κ1) is 38.2. The average molecular weight is 736 g/mol. The number of hydrogen-bond donors (Lipinski definition) is 2. The van der Waals surface area contributed by atoms with Crippen molar-refractivity contribution in [1.29, 1.82) is 0 Å². The van der Waals surface area contributed by atoms with Crippen molar-refractivity contribution in [2.45, 2.75) is 97.4 Å². The number of carbonyl (C=O) groups is 2. The molecule has 2 heterocycles. The SMILES string of the molecule is CCCCN1c2ccc3ccccc3c2C(C)(C)C1/C=C/C1=CC(=C/C=C2/N(CCC)c3ccc4ccccc4c3C2(C)C)/CC(C(=O)O)(C(=O)NCC)C1. The van der Waals surface area contributed by atoms with E-state index in [-0.39, 0.29) is 29.7 Å². The molecule has 1 amide bonds. The van der Waals surface area contributed by atoms with E-state index in [0.29, 0.717) is 6.54 Å². The van der Waals surface area contributed by atoms with Gasteiger partial charge in [0.1, 0.15) is 0 Å². The fourth-order valence-corrected chi connectivity index (χ4v) is 9.75. The van der Waals surface area contributed by atoms with Gasteiger partial charge in [-0.3, -0.25) is 9.59 Å². The van der Waals surface area contributed by atoms with Gasteiger partial charge in [-0.05, 0) is 94.6 Å². The Hall–Kier alpha value is -5.10. The van der Waals surface area contributed by atoms with Gasteiger partial charge in [0.25, 0.3) is 0 Å². The molecule has 7 rings (SSSR count). The third-order valence-electron chi connectivity index (χ3n) is 12.4. The molecule has 0 saturated carbocycles. The molecule has 2 N–H and O–H groups in total. The number of benzene rings is 4. The second-order valence-corrected chi connectivity index (χ2v) is 16.8. The minimum Gasteiger partial charge on any atom is -0.480 e. The third-order valence-corrected chi connectivity index (χ3v) is 12.4. The van der Waals surface area contributed by atoms with Crippen molar-refractivity contribution in [3.05, 3.63) is 131 Å². The number of anilines is 2. The highest BCUT2D eigenvalue weighted by atomic mass is 16.4. The number of aliphatic carboxylic acids is 1. The molecule has 6 heteroatoms. The van der Waals surface area contributed by atoms with E-state index in [4.69, 9.17) is 0 Å². The predicted molar refractivity (Wildman–Crippen MR) is 229 cm³/mol. The van der Waals surface area contributed by atoms with Crippen molar-refractivity contribution in [2.24, 2.45) is 5.41 Å². The second-order valence-electron chi connectivity index (χ2n) is 16.8. The molecular formula is C49H57N3O3. The predicted octanol–water partition coefficient (Wildman–Crippen LogP) is 10.8. The lowest BCUT2D eigenvalue weighted by Gasteiger charge is -2.34. The summed E-state index contributed by atoms with van der Waals surface area (Å²) in [4.78, 5) is 32.1. The molecule has 0 saturated heterocycles. The van der Waals surface area contributed by atoms with Crippen LogP contribution in [0.4, 0.5) is 11.4 Å². The Bertz CT molecular complexity index is 2270. The summed E-state index contributed by atoms with van der Waals surface area (Å²) in [5.41, 5.74) is 5.90. The van der Waals surface area contributed by atoms with E-state index < -0.39 is 17.3 Å². The van der Waals surface area contributed by atoms with Crippen LogP contribution in [0.15, 0.2) is 120 Å². The highest BCUT2D eigenvalue weighted by Gasteiger charge is 2.49. The number of carbonyl (C=O) groups excluding carboxylic acids is 1. The van der Waals surface area contributed by atoms with Gasteiger partial charge in [-0.2, -0.15) is 0 Å². The molecule has 0 fully saturated rings. The normalized spacial score (nSPS) is 22.8. The maximum atomic E-state index is 13.8. The van der Waals surface area contributed by atoms with Gasteiger partial charge in [-0.25, -0.2) is 0 Å². The van der Waals surface area contributed by atoms with Gasteiger partial charge in [0.2, 0.25) is 5.91 Å². The first-order chi connectivity index (χ1) is 26.4. The zero-order valence-electron chi connectivity index (χ0n) is 33.7. The summed E-state index contributed by atoms with van der Waals surface area (Å²) in [5.74, 6) is -1.52. The van der Waals surface area contributed by atoms with E-state index in [0.717, 1.165) is 43.5 Å². The number of nitrogens with one attached hydrogen (secondary N) is 1.